The van der Waals surface area contributed by atoms with Gasteiger partial charge < -0.3 is 10.2 Å². The molecule has 5 nitrogen and oxygen atoms in total. The van der Waals surface area contributed by atoms with E-state index in [2.05, 4.69) is 32.3 Å². The normalized spacial score (nSPS) is 33.2. The maximum absolute atomic E-state index is 12.6. The molecule has 2 aliphatic carbocycles. The van der Waals surface area contributed by atoms with Crippen LogP contribution in [0.2, 0.25) is 0 Å². The first-order valence-corrected chi connectivity index (χ1v) is 8.30. The second kappa shape index (κ2) is 5.71. The lowest BCUT2D eigenvalue weighted by Gasteiger charge is -2.34. The Balaban J connectivity index is 1.37. The second-order valence-corrected chi connectivity index (χ2v) is 6.73. The highest BCUT2D eigenvalue weighted by Gasteiger charge is 2.40. The molecule has 0 aromatic carbocycles. The third-order valence-electron chi connectivity index (χ3n) is 5.22. The molecule has 22 heavy (non-hydrogen) atoms. The van der Waals surface area contributed by atoms with Crippen molar-refractivity contribution >= 4 is 11.9 Å². The van der Waals surface area contributed by atoms with Crippen LogP contribution in [-0.4, -0.2) is 35.0 Å². The van der Waals surface area contributed by atoms with E-state index >= 15 is 0 Å². The molecule has 1 N–H and O–H groups in total. The van der Waals surface area contributed by atoms with E-state index in [0.717, 1.165) is 38.3 Å². The molecular formula is C17H22N4O. The van der Waals surface area contributed by atoms with Crippen molar-refractivity contribution in [1.29, 1.82) is 0 Å². The molecule has 2 fully saturated rings. The number of nitrogens with zero attached hydrogens (tertiary/aromatic N) is 3. The number of piperidine rings is 1. The molecule has 116 valence electrons. The number of hydrogen-bond acceptors (Lipinski definition) is 4. The first-order valence-electron chi connectivity index (χ1n) is 8.30. The van der Waals surface area contributed by atoms with Crippen molar-refractivity contribution in [2.75, 3.05) is 18.0 Å². The number of carbonyl (C=O) groups is 1. The lowest BCUT2D eigenvalue weighted by molar-refractivity contribution is -0.126. The van der Waals surface area contributed by atoms with Crippen LogP contribution in [0.3, 0.4) is 0 Å². The van der Waals surface area contributed by atoms with E-state index in [-0.39, 0.29) is 17.9 Å². The van der Waals surface area contributed by atoms with Gasteiger partial charge in [-0.1, -0.05) is 12.2 Å². The molecule has 1 aromatic heterocycles. The van der Waals surface area contributed by atoms with Crippen molar-refractivity contribution in [3.05, 3.63) is 30.6 Å². The van der Waals surface area contributed by atoms with Crippen molar-refractivity contribution in [3.8, 4) is 0 Å². The van der Waals surface area contributed by atoms with Crippen LogP contribution in [0.5, 0.6) is 0 Å². The predicted molar refractivity (Wildman–Crippen MR) is 84.3 cm³/mol. The molecule has 1 aromatic rings. The number of aromatic nitrogens is 2. The Morgan fingerprint density at radius 2 is 2.09 bits per heavy atom. The van der Waals surface area contributed by atoms with Gasteiger partial charge in [0.1, 0.15) is 0 Å². The van der Waals surface area contributed by atoms with Crippen molar-refractivity contribution in [3.63, 3.8) is 0 Å². The number of allylic oxidation sites excluding steroid dienone is 2. The number of amides is 1. The number of anilines is 1. The van der Waals surface area contributed by atoms with Gasteiger partial charge in [0.25, 0.3) is 0 Å². The van der Waals surface area contributed by atoms with Crippen LogP contribution in [0.25, 0.3) is 0 Å². The number of carbonyl (C=O) groups excluding carboxylic acids is 1. The lowest BCUT2D eigenvalue weighted by Crippen LogP contribution is -2.50. The number of hydrogen-bond donors (Lipinski definition) is 1. The Morgan fingerprint density at radius 3 is 2.82 bits per heavy atom. The zero-order chi connectivity index (χ0) is 14.9. The molecule has 5 heteroatoms. The number of fused-ring (bicyclic) bond motifs is 2. The van der Waals surface area contributed by atoms with Crippen molar-refractivity contribution < 1.29 is 4.79 Å². The maximum Gasteiger partial charge on any atom is 0.225 e. The molecule has 4 atom stereocenters. The molecule has 4 rings (SSSR count). The summed E-state index contributed by atoms with van der Waals surface area (Å²) in [4.78, 5) is 23.4. The fourth-order valence-electron chi connectivity index (χ4n) is 4.12. The first-order chi connectivity index (χ1) is 10.8. The summed E-state index contributed by atoms with van der Waals surface area (Å²) in [6.45, 7) is 1.78. The standard InChI is InChI=1S/C17H22N4O/c22-16(15-10-12-4-5-13(15)9-12)20-14-3-1-8-21(11-14)17-18-6-2-7-19-17/h2,4-7,12-15H,1,3,8-11H2,(H,20,22)/t12-,13-,14-,15-/m0/s1. The quantitative estimate of drug-likeness (QED) is 0.864. The minimum absolute atomic E-state index is 0.193. The molecular weight excluding hydrogens is 276 g/mol. The van der Waals surface area contributed by atoms with Crippen molar-refractivity contribution in [1.82, 2.24) is 15.3 Å². The Morgan fingerprint density at radius 1 is 1.23 bits per heavy atom. The third kappa shape index (κ3) is 2.60. The summed E-state index contributed by atoms with van der Waals surface area (Å²) in [6.07, 6.45) is 12.4. The zero-order valence-corrected chi connectivity index (χ0v) is 12.7. The summed E-state index contributed by atoms with van der Waals surface area (Å²) in [5, 5.41) is 3.28. The maximum atomic E-state index is 12.6. The number of rotatable bonds is 3. The van der Waals surface area contributed by atoms with E-state index in [1.807, 2.05) is 6.07 Å². The number of nitrogens with one attached hydrogen (secondary N) is 1. The van der Waals surface area contributed by atoms with E-state index in [0.29, 0.717) is 11.8 Å². The van der Waals surface area contributed by atoms with Crippen LogP contribution < -0.4 is 10.2 Å². The van der Waals surface area contributed by atoms with E-state index in [1.165, 1.54) is 6.42 Å². The van der Waals surface area contributed by atoms with E-state index in [1.54, 1.807) is 12.4 Å². The summed E-state index contributed by atoms with van der Waals surface area (Å²) in [7, 11) is 0. The van der Waals surface area contributed by atoms with Gasteiger partial charge in [0.2, 0.25) is 11.9 Å². The molecule has 0 spiro atoms. The molecule has 1 aliphatic heterocycles. The minimum Gasteiger partial charge on any atom is -0.351 e. The van der Waals surface area contributed by atoms with Crippen LogP contribution in [0.1, 0.15) is 25.7 Å². The van der Waals surface area contributed by atoms with Crippen LogP contribution in [0.4, 0.5) is 5.95 Å². The van der Waals surface area contributed by atoms with Gasteiger partial charge in [-0.05, 0) is 43.6 Å². The highest BCUT2D eigenvalue weighted by Crippen LogP contribution is 2.43. The monoisotopic (exact) mass is 298 g/mol. The van der Waals surface area contributed by atoms with Gasteiger partial charge in [0, 0.05) is 37.4 Å². The van der Waals surface area contributed by atoms with Gasteiger partial charge in [-0.15, -0.1) is 0 Å². The largest absolute Gasteiger partial charge is 0.351 e. The Hall–Kier alpha value is -1.91. The molecule has 2 heterocycles. The summed E-state index contributed by atoms with van der Waals surface area (Å²) in [5.41, 5.74) is 0. The molecule has 0 radical (unpaired) electrons. The fourth-order valence-corrected chi connectivity index (χ4v) is 4.12. The van der Waals surface area contributed by atoms with E-state index in [4.69, 9.17) is 0 Å². The average Bonchev–Trinajstić information content (AvgIpc) is 3.19. The van der Waals surface area contributed by atoms with Gasteiger partial charge in [-0.25, -0.2) is 9.97 Å². The van der Waals surface area contributed by atoms with Gasteiger partial charge in [-0.2, -0.15) is 0 Å². The predicted octanol–water partition coefficient (Wildman–Crippen LogP) is 1.77. The van der Waals surface area contributed by atoms with E-state index < -0.39 is 0 Å². The van der Waals surface area contributed by atoms with Crippen LogP contribution >= 0.6 is 0 Å². The average molecular weight is 298 g/mol. The van der Waals surface area contributed by atoms with Gasteiger partial charge >= 0.3 is 0 Å². The summed E-state index contributed by atoms with van der Waals surface area (Å²) < 4.78 is 0. The van der Waals surface area contributed by atoms with Crippen LogP contribution in [-0.2, 0) is 4.79 Å². The lowest BCUT2D eigenvalue weighted by atomic mass is 9.92. The van der Waals surface area contributed by atoms with Gasteiger partial charge in [-0.3, -0.25) is 4.79 Å². The fraction of sp³-hybridized carbons (Fsp3) is 0.588. The summed E-state index contributed by atoms with van der Waals surface area (Å²) >= 11 is 0. The molecule has 0 unspecified atom stereocenters. The topological polar surface area (TPSA) is 58.1 Å². The minimum atomic E-state index is 0.193. The molecule has 2 bridgehead atoms. The summed E-state index contributed by atoms with van der Waals surface area (Å²) in [5.74, 6) is 2.32. The smallest absolute Gasteiger partial charge is 0.225 e. The highest BCUT2D eigenvalue weighted by molar-refractivity contribution is 5.80. The second-order valence-electron chi connectivity index (χ2n) is 6.73. The Labute approximate surface area is 130 Å². The molecule has 3 aliphatic rings. The first kappa shape index (κ1) is 13.7. The molecule has 1 saturated heterocycles. The van der Waals surface area contributed by atoms with Crippen LogP contribution in [0.15, 0.2) is 30.6 Å². The Kier molecular flexibility index (Phi) is 3.56. The van der Waals surface area contributed by atoms with Gasteiger partial charge in [0.05, 0.1) is 0 Å². The Bertz CT molecular complexity index is 573. The van der Waals surface area contributed by atoms with E-state index in [9.17, 15) is 4.79 Å². The van der Waals surface area contributed by atoms with Crippen molar-refractivity contribution in [2.45, 2.75) is 31.7 Å². The van der Waals surface area contributed by atoms with Crippen LogP contribution in [0, 0.1) is 17.8 Å². The SMILES string of the molecule is O=C(N[C@H]1CCCN(c2ncccn2)C1)[C@H]1C[C@H]2C=C[C@H]1C2. The van der Waals surface area contributed by atoms with Crippen molar-refractivity contribution in [2.24, 2.45) is 17.8 Å². The molecule has 1 amide bonds. The van der Waals surface area contributed by atoms with Gasteiger partial charge in [0.15, 0.2) is 0 Å². The zero-order valence-electron chi connectivity index (χ0n) is 12.7. The molecule has 1 saturated carbocycles. The highest BCUT2D eigenvalue weighted by atomic mass is 16.2. The summed E-state index contributed by atoms with van der Waals surface area (Å²) in [6, 6.07) is 2.04. The third-order valence-corrected chi connectivity index (χ3v) is 5.22.